The molecule has 3 aliphatic heterocycles. The fraction of sp³-hybridized carbons (Fsp3) is 0.500. The number of aliphatic imine (C=N–C) groups is 1. The molecule has 1 N–H and O–H groups in total. The van der Waals surface area contributed by atoms with E-state index in [0.29, 0.717) is 6.54 Å². The van der Waals surface area contributed by atoms with Crippen molar-refractivity contribution in [3.8, 4) is 0 Å². The molecule has 2 saturated heterocycles. The van der Waals surface area contributed by atoms with Gasteiger partial charge in [0, 0.05) is 46.3 Å². The third-order valence-corrected chi connectivity index (χ3v) is 6.22. The highest BCUT2D eigenvalue weighted by Gasteiger charge is 2.49. The van der Waals surface area contributed by atoms with Crippen LogP contribution in [-0.4, -0.2) is 89.5 Å². The minimum atomic E-state index is -0.506. The van der Waals surface area contributed by atoms with Crippen molar-refractivity contribution >= 4 is 17.9 Å². The summed E-state index contributed by atoms with van der Waals surface area (Å²) in [7, 11) is 1.68. The lowest BCUT2D eigenvalue weighted by Crippen LogP contribution is -2.64. The Kier molecular flexibility index (Phi) is 5.51. The number of urea groups is 1. The van der Waals surface area contributed by atoms with Crippen molar-refractivity contribution in [1.29, 1.82) is 0 Å². The number of nitrogens with zero attached hydrogens (tertiary/aromatic N) is 5. The number of aryl methyl sites for hydroxylation is 2. The number of amides is 3. The van der Waals surface area contributed by atoms with Crippen LogP contribution in [0.3, 0.4) is 0 Å². The number of carbonyl (C=O) groups excluding carboxylic acids is 2. The molecule has 3 aliphatic rings. The van der Waals surface area contributed by atoms with E-state index in [2.05, 4.69) is 53.7 Å². The molecule has 3 amide bonds. The van der Waals surface area contributed by atoms with Crippen LogP contribution in [0.5, 0.6) is 0 Å². The molecule has 0 aliphatic carbocycles. The maximum atomic E-state index is 12.5. The molecule has 8 nitrogen and oxygen atoms in total. The van der Waals surface area contributed by atoms with Gasteiger partial charge in [-0.3, -0.25) is 15.0 Å². The van der Waals surface area contributed by atoms with Gasteiger partial charge in [0.2, 0.25) is 0 Å². The number of hydrogen-bond acceptors (Lipinski definition) is 6. The number of carbonyl (C=O) groups is 2. The normalized spacial score (nSPS) is 24.6. The zero-order chi connectivity index (χ0) is 21.4. The van der Waals surface area contributed by atoms with Crippen molar-refractivity contribution in [2.75, 3.05) is 39.8 Å². The number of likely N-dealkylation sites (N-methyl/N-ethyl adjacent to an activating group) is 1. The van der Waals surface area contributed by atoms with Crippen LogP contribution in [0.15, 0.2) is 35.8 Å². The van der Waals surface area contributed by atoms with Gasteiger partial charge < -0.3 is 14.7 Å². The second-order valence-electron chi connectivity index (χ2n) is 8.33. The van der Waals surface area contributed by atoms with Crippen LogP contribution >= 0.6 is 0 Å². The van der Waals surface area contributed by atoms with Gasteiger partial charge in [0.15, 0.2) is 18.2 Å². The highest BCUT2D eigenvalue weighted by atomic mass is 16.2. The zero-order valence-electron chi connectivity index (χ0n) is 18.0. The van der Waals surface area contributed by atoms with E-state index in [-0.39, 0.29) is 5.91 Å². The molecule has 2 fully saturated rings. The lowest BCUT2D eigenvalue weighted by atomic mass is 10.0. The first-order valence-corrected chi connectivity index (χ1v) is 10.5. The van der Waals surface area contributed by atoms with Crippen molar-refractivity contribution in [3.05, 3.63) is 47.5 Å². The summed E-state index contributed by atoms with van der Waals surface area (Å²) >= 11 is 0. The van der Waals surface area contributed by atoms with Crippen LogP contribution < -0.4 is 5.32 Å². The molecule has 0 spiro atoms. The SMILES string of the molecule is C=CCN1C(N2CCN(Cc3cc(C)ccc3C)CC2)=NC2C1C(=O)NC(=O)N2C. The van der Waals surface area contributed by atoms with Crippen molar-refractivity contribution < 1.29 is 9.59 Å². The number of imide groups is 1. The monoisotopic (exact) mass is 410 g/mol. The highest BCUT2D eigenvalue weighted by molar-refractivity contribution is 6.03. The van der Waals surface area contributed by atoms with E-state index in [0.717, 1.165) is 38.7 Å². The van der Waals surface area contributed by atoms with Gasteiger partial charge in [-0.25, -0.2) is 9.79 Å². The number of benzene rings is 1. The summed E-state index contributed by atoms with van der Waals surface area (Å²) in [5.41, 5.74) is 3.98. The summed E-state index contributed by atoms with van der Waals surface area (Å²) in [5.74, 6) is 0.491. The Hall–Kier alpha value is -2.87. The summed E-state index contributed by atoms with van der Waals surface area (Å²) in [5, 5.41) is 2.43. The molecule has 0 aromatic heterocycles. The minimum Gasteiger partial charge on any atom is -0.340 e. The minimum absolute atomic E-state index is 0.294. The quantitative estimate of drug-likeness (QED) is 0.754. The van der Waals surface area contributed by atoms with Gasteiger partial charge in [0.25, 0.3) is 5.91 Å². The van der Waals surface area contributed by atoms with E-state index < -0.39 is 18.2 Å². The van der Waals surface area contributed by atoms with Crippen LogP contribution in [0.1, 0.15) is 16.7 Å². The number of hydrogen-bond donors (Lipinski definition) is 1. The molecule has 30 heavy (non-hydrogen) atoms. The number of fused-ring (bicyclic) bond motifs is 1. The van der Waals surface area contributed by atoms with Gasteiger partial charge in [-0.05, 0) is 25.0 Å². The van der Waals surface area contributed by atoms with Gasteiger partial charge in [-0.2, -0.15) is 0 Å². The Morgan fingerprint density at radius 2 is 1.93 bits per heavy atom. The topological polar surface area (TPSA) is 71.5 Å². The van der Waals surface area contributed by atoms with Gasteiger partial charge in [-0.1, -0.05) is 29.8 Å². The molecule has 2 atom stereocenters. The van der Waals surface area contributed by atoms with Gasteiger partial charge >= 0.3 is 6.03 Å². The molecule has 8 heteroatoms. The lowest BCUT2D eigenvalue weighted by molar-refractivity contribution is -0.127. The average Bonchev–Trinajstić information content (AvgIpc) is 3.10. The van der Waals surface area contributed by atoms with Gasteiger partial charge in [0.05, 0.1) is 0 Å². The van der Waals surface area contributed by atoms with Crippen LogP contribution in [-0.2, 0) is 11.3 Å². The van der Waals surface area contributed by atoms with Crippen molar-refractivity contribution in [2.24, 2.45) is 4.99 Å². The highest BCUT2D eigenvalue weighted by Crippen LogP contribution is 2.26. The maximum absolute atomic E-state index is 12.5. The Balaban J connectivity index is 1.46. The Morgan fingerprint density at radius 3 is 2.63 bits per heavy atom. The fourth-order valence-corrected chi connectivity index (χ4v) is 4.43. The Morgan fingerprint density at radius 1 is 1.20 bits per heavy atom. The molecular formula is C22H30N6O2. The molecular weight excluding hydrogens is 380 g/mol. The second-order valence-corrected chi connectivity index (χ2v) is 8.33. The first kappa shape index (κ1) is 20.4. The Bertz CT molecular complexity index is 890. The molecule has 1 aromatic rings. The van der Waals surface area contributed by atoms with E-state index >= 15 is 0 Å². The first-order valence-electron chi connectivity index (χ1n) is 10.5. The van der Waals surface area contributed by atoms with Crippen LogP contribution in [0, 0.1) is 13.8 Å². The Labute approximate surface area is 177 Å². The van der Waals surface area contributed by atoms with Crippen LogP contribution in [0.4, 0.5) is 4.79 Å². The van der Waals surface area contributed by atoms with E-state index in [1.807, 2.05) is 4.90 Å². The summed E-state index contributed by atoms with van der Waals surface area (Å²) in [6.45, 7) is 13.1. The standard InChI is InChI=1S/C22H30N6O2/c1-5-8-28-18-19(25(4)22(30)24-20(18)29)23-21(28)27-11-9-26(10-12-27)14-17-13-15(2)6-7-16(17)3/h5-7,13,18-19H,1,8-12,14H2,2-4H3,(H,24,29,30). The smallest absolute Gasteiger partial charge is 0.325 e. The largest absolute Gasteiger partial charge is 0.340 e. The number of guanidine groups is 1. The third kappa shape index (κ3) is 3.67. The van der Waals surface area contributed by atoms with Crippen LogP contribution in [0.25, 0.3) is 0 Å². The van der Waals surface area contributed by atoms with E-state index in [4.69, 9.17) is 4.99 Å². The molecule has 0 radical (unpaired) electrons. The van der Waals surface area contributed by atoms with Crippen molar-refractivity contribution in [2.45, 2.75) is 32.6 Å². The van der Waals surface area contributed by atoms with Crippen molar-refractivity contribution in [1.82, 2.24) is 24.9 Å². The molecule has 3 heterocycles. The lowest BCUT2D eigenvalue weighted by Gasteiger charge is -2.40. The number of rotatable bonds is 4. The summed E-state index contributed by atoms with van der Waals surface area (Å²) < 4.78 is 0. The predicted octanol–water partition coefficient (Wildman–Crippen LogP) is 1.15. The van der Waals surface area contributed by atoms with Gasteiger partial charge in [0.1, 0.15) is 0 Å². The summed E-state index contributed by atoms with van der Waals surface area (Å²) in [6.07, 6.45) is 1.28. The first-order chi connectivity index (χ1) is 14.4. The molecule has 4 rings (SSSR count). The maximum Gasteiger partial charge on any atom is 0.325 e. The molecule has 2 unspecified atom stereocenters. The van der Waals surface area contributed by atoms with E-state index in [1.54, 1.807) is 13.1 Å². The van der Waals surface area contributed by atoms with E-state index in [1.165, 1.54) is 21.6 Å². The summed E-state index contributed by atoms with van der Waals surface area (Å²) in [6, 6.07) is 5.70. The average molecular weight is 411 g/mol. The number of nitrogens with one attached hydrogen (secondary N) is 1. The third-order valence-electron chi connectivity index (χ3n) is 6.22. The van der Waals surface area contributed by atoms with Crippen molar-refractivity contribution in [3.63, 3.8) is 0 Å². The second kappa shape index (κ2) is 8.10. The number of piperazine rings is 1. The summed E-state index contributed by atoms with van der Waals surface area (Å²) in [4.78, 5) is 37.5. The molecule has 0 saturated carbocycles. The molecule has 160 valence electrons. The van der Waals surface area contributed by atoms with E-state index in [9.17, 15) is 9.59 Å². The molecule has 0 bridgehead atoms. The van der Waals surface area contributed by atoms with Crippen LogP contribution in [0.2, 0.25) is 0 Å². The zero-order valence-corrected chi connectivity index (χ0v) is 18.0. The molecule has 1 aromatic carbocycles. The van der Waals surface area contributed by atoms with Gasteiger partial charge in [-0.15, -0.1) is 6.58 Å². The fourth-order valence-electron chi connectivity index (χ4n) is 4.43. The predicted molar refractivity (Wildman–Crippen MR) is 116 cm³/mol.